The average Bonchev–Trinajstić information content (AvgIpc) is 3.20. The smallest absolute Gasteiger partial charge is 0.155 e. The SMILES string of the molecule is O=S1(=O)C[C@H](Nc2nc(C3CCCC3)nc3c2CNC3)[C@@H](O)C1. The highest BCUT2D eigenvalue weighted by molar-refractivity contribution is 7.91. The molecule has 2 aliphatic heterocycles. The minimum absolute atomic E-state index is 0.0425. The largest absolute Gasteiger partial charge is 0.390 e. The summed E-state index contributed by atoms with van der Waals surface area (Å²) in [6, 6.07) is -0.490. The van der Waals surface area contributed by atoms with E-state index < -0.39 is 22.0 Å². The van der Waals surface area contributed by atoms with Gasteiger partial charge in [0, 0.05) is 24.6 Å². The Bertz CT molecular complexity index is 716. The summed E-state index contributed by atoms with van der Waals surface area (Å²) in [5, 5.41) is 16.5. The summed E-state index contributed by atoms with van der Waals surface area (Å²) < 4.78 is 23.4. The molecule has 0 bridgehead atoms. The van der Waals surface area contributed by atoms with E-state index >= 15 is 0 Å². The fraction of sp³-hybridized carbons (Fsp3) is 0.733. The van der Waals surface area contributed by atoms with Gasteiger partial charge in [-0.1, -0.05) is 12.8 Å². The first-order valence-electron chi connectivity index (χ1n) is 8.27. The predicted octanol–water partition coefficient (Wildman–Crippen LogP) is 0.307. The Kier molecular flexibility index (Phi) is 3.78. The number of aromatic nitrogens is 2. The van der Waals surface area contributed by atoms with E-state index in [1.807, 2.05) is 0 Å². The Hall–Kier alpha value is -1.25. The minimum atomic E-state index is -3.18. The van der Waals surface area contributed by atoms with Crippen molar-refractivity contribution in [2.75, 3.05) is 16.8 Å². The molecule has 1 saturated carbocycles. The number of aliphatic hydroxyl groups excluding tert-OH is 1. The van der Waals surface area contributed by atoms with Crippen LogP contribution in [-0.4, -0.2) is 47.1 Å². The molecule has 8 heteroatoms. The van der Waals surface area contributed by atoms with Crippen molar-refractivity contribution in [3.63, 3.8) is 0 Å². The van der Waals surface area contributed by atoms with Gasteiger partial charge in [-0.15, -0.1) is 0 Å². The van der Waals surface area contributed by atoms with E-state index in [1.54, 1.807) is 0 Å². The van der Waals surface area contributed by atoms with Crippen LogP contribution in [0, 0.1) is 0 Å². The van der Waals surface area contributed by atoms with Crippen molar-refractivity contribution < 1.29 is 13.5 Å². The molecule has 3 N–H and O–H groups in total. The Labute approximate surface area is 135 Å². The maximum Gasteiger partial charge on any atom is 0.155 e. The molecule has 0 spiro atoms. The number of fused-ring (bicyclic) bond motifs is 1. The Morgan fingerprint density at radius 3 is 2.61 bits per heavy atom. The van der Waals surface area contributed by atoms with Crippen molar-refractivity contribution in [1.29, 1.82) is 0 Å². The molecule has 2 atom stereocenters. The zero-order valence-electron chi connectivity index (χ0n) is 13.0. The fourth-order valence-corrected chi connectivity index (χ4v) is 5.56. The van der Waals surface area contributed by atoms with Crippen molar-refractivity contribution in [2.45, 2.75) is 56.8 Å². The summed E-state index contributed by atoms with van der Waals surface area (Å²) in [4.78, 5) is 9.43. The number of rotatable bonds is 3. The molecule has 23 heavy (non-hydrogen) atoms. The molecule has 126 valence electrons. The van der Waals surface area contributed by atoms with Crippen LogP contribution in [0.5, 0.6) is 0 Å². The zero-order chi connectivity index (χ0) is 16.0. The number of nitrogens with one attached hydrogen (secondary N) is 2. The third-order valence-electron chi connectivity index (χ3n) is 5.07. The molecule has 2 fully saturated rings. The van der Waals surface area contributed by atoms with E-state index in [0.717, 1.165) is 36.5 Å². The average molecular weight is 338 g/mol. The number of aliphatic hydroxyl groups is 1. The third kappa shape index (κ3) is 2.95. The molecule has 1 saturated heterocycles. The minimum Gasteiger partial charge on any atom is -0.390 e. The lowest BCUT2D eigenvalue weighted by Crippen LogP contribution is -2.33. The van der Waals surface area contributed by atoms with Crippen LogP contribution in [0.3, 0.4) is 0 Å². The number of anilines is 1. The molecule has 0 aromatic carbocycles. The van der Waals surface area contributed by atoms with Gasteiger partial charge in [-0.2, -0.15) is 0 Å². The Morgan fingerprint density at radius 2 is 1.91 bits per heavy atom. The maximum atomic E-state index is 11.7. The molecule has 4 rings (SSSR count). The zero-order valence-corrected chi connectivity index (χ0v) is 13.8. The Morgan fingerprint density at radius 1 is 1.13 bits per heavy atom. The lowest BCUT2D eigenvalue weighted by Gasteiger charge is -2.19. The second kappa shape index (κ2) is 5.68. The van der Waals surface area contributed by atoms with Gasteiger partial charge in [0.05, 0.1) is 29.3 Å². The first-order chi connectivity index (χ1) is 11.0. The van der Waals surface area contributed by atoms with Crippen LogP contribution < -0.4 is 10.6 Å². The van der Waals surface area contributed by atoms with Crippen LogP contribution in [0.2, 0.25) is 0 Å². The van der Waals surface area contributed by atoms with Gasteiger partial charge >= 0.3 is 0 Å². The summed E-state index contributed by atoms with van der Waals surface area (Å²) >= 11 is 0. The second-order valence-corrected chi connectivity index (χ2v) is 8.99. The summed E-state index contributed by atoms with van der Waals surface area (Å²) in [5.41, 5.74) is 2.00. The van der Waals surface area contributed by atoms with Gasteiger partial charge in [-0.3, -0.25) is 0 Å². The molecule has 3 heterocycles. The van der Waals surface area contributed by atoms with Crippen LogP contribution in [0.4, 0.5) is 5.82 Å². The molecular formula is C15H22N4O3S. The highest BCUT2D eigenvalue weighted by Crippen LogP contribution is 2.34. The quantitative estimate of drug-likeness (QED) is 0.728. The maximum absolute atomic E-state index is 11.7. The van der Waals surface area contributed by atoms with E-state index in [2.05, 4.69) is 10.6 Å². The van der Waals surface area contributed by atoms with Crippen molar-refractivity contribution >= 4 is 15.7 Å². The van der Waals surface area contributed by atoms with Gasteiger partial charge in [-0.25, -0.2) is 18.4 Å². The summed E-state index contributed by atoms with van der Waals surface area (Å²) in [5.74, 6) is 1.75. The molecule has 1 aliphatic carbocycles. The normalized spacial score (nSPS) is 29.8. The topological polar surface area (TPSA) is 104 Å². The number of sulfone groups is 1. The van der Waals surface area contributed by atoms with Crippen LogP contribution >= 0.6 is 0 Å². The Balaban J connectivity index is 1.64. The lowest BCUT2D eigenvalue weighted by atomic mass is 10.1. The summed E-state index contributed by atoms with van der Waals surface area (Å²) in [7, 11) is -3.18. The summed E-state index contributed by atoms with van der Waals surface area (Å²) in [6.07, 6.45) is 3.78. The second-order valence-electron chi connectivity index (χ2n) is 6.84. The van der Waals surface area contributed by atoms with Gasteiger partial charge in [0.25, 0.3) is 0 Å². The molecule has 0 amide bonds. The van der Waals surface area contributed by atoms with Crippen molar-refractivity contribution in [3.8, 4) is 0 Å². The highest BCUT2D eigenvalue weighted by atomic mass is 32.2. The van der Waals surface area contributed by atoms with Gasteiger partial charge in [0.1, 0.15) is 11.6 Å². The first kappa shape index (κ1) is 15.3. The third-order valence-corrected chi connectivity index (χ3v) is 6.79. The van der Waals surface area contributed by atoms with Crippen LogP contribution in [0.1, 0.15) is 48.7 Å². The lowest BCUT2D eigenvalue weighted by molar-refractivity contribution is 0.190. The molecule has 3 aliphatic rings. The van der Waals surface area contributed by atoms with Gasteiger partial charge in [0.2, 0.25) is 0 Å². The number of nitrogens with zero attached hydrogens (tertiary/aromatic N) is 2. The summed E-state index contributed by atoms with van der Waals surface area (Å²) in [6.45, 7) is 1.40. The molecule has 7 nitrogen and oxygen atoms in total. The van der Waals surface area contributed by atoms with Gasteiger partial charge in [0.15, 0.2) is 9.84 Å². The van der Waals surface area contributed by atoms with E-state index in [0.29, 0.717) is 18.3 Å². The standard InChI is InChI=1S/C15H22N4O3S/c20-13-8-23(21,22)7-12(13)18-15-10-5-16-6-11(10)17-14(19-15)9-3-1-2-4-9/h9,12-13,16,20H,1-8H2,(H,17,18,19)/t12-,13-/m0/s1. The molecular weight excluding hydrogens is 316 g/mol. The first-order valence-corrected chi connectivity index (χ1v) is 10.1. The molecule has 1 aromatic rings. The van der Waals surface area contributed by atoms with E-state index in [1.165, 1.54) is 12.8 Å². The van der Waals surface area contributed by atoms with Crippen LogP contribution in [0.15, 0.2) is 0 Å². The number of hydrogen-bond donors (Lipinski definition) is 3. The predicted molar refractivity (Wildman–Crippen MR) is 85.9 cm³/mol. The van der Waals surface area contributed by atoms with Gasteiger partial charge < -0.3 is 15.7 Å². The van der Waals surface area contributed by atoms with E-state index in [-0.39, 0.29) is 11.5 Å². The molecule has 0 radical (unpaired) electrons. The molecule has 1 aromatic heterocycles. The van der Waals surface area contributed by atoms with E-state index in [4.69, 9.17) is 9.97 Å². The van der Waals surface area contributed by atoms with Crippen LogP contribution in [-0.2, 0) is 22.9 Å². The van der Waals surface area contributed by atoms with Crippen molar-refractivity contribution in [3.05, 3.63) is 17.1 Å². The van der Waals surface area contributed by atoms with Crippen molar-refractivity contribution in [2.24, 2.45) is 0 Å². The van der Waals surface area contributed by atoms with Gasteiger partial charge in [-0.05, 0) is 12.8 Å². The monoisotopic (exact) mass is 338 g/mol. The molecule has 0 unspecified atom stereocenters. The fourth-order valence-electron chi connectivity index (χ4n) is 3.82. The van der Waals surface area contributed by atoms with E-state index in [9.17, 15) is 13.5 Å². The van der Waals surface area contributed by atoms with Crippen LogP contribution in [0.25, 0.3) is 0 Å². The van der Waals surface area contributed by atoms with Crippen molar-refractivity contribution in [1.82, 2.24) is 15.3 Å². The highest BCUT2D eigenvalue weighted by Gasteiger charge is 2.37. The number of hydrogen-bond acceptors (Lipinski definition) is 7.